The van der Waals surface area contributed by atoms with Crippen molar-refractivity contribution in [2.24, 2.45) is 5.73 Å². The minimum Gasteiger partial charge on any atom is -0.382 e. The summed E-state index contributed by atoms with van der Waals surface area (Å²) in [5.74, 6) is -0.394. The van der Waals surface area contributed by atoms with E-state index >= 15 is 0 Å². The zero-order chi connectivity index (χ0) is 17.5. The van der Waals surface area contributed by atoms with Crippen molar-refractivity contribution in [3.05, 3.63) is 41.3 Å². The summed E-state index contributed by atoms with van der Waals surface area (Å²) in [7, 11) is 0. The maximum atomic E-state index is 12.1. The molecule has 24 heavy (non-hydrogen) atoms. The Hall–Kier alpha value is -2.14. The van der Waals surface area contributed by atoms with Crippen LogP contribution in [0.4, 0.5) is 0 Å². The van der Waals surface area contributed by atoms with Gasteiger partial charge in [-0.1, -0.05) is 19.4 Å². The van der Waals surface area contributed by atoms with Crippen LogP contribution >= 0.6 is 0 Å². The summed E-state index contributed by atoms with van der Waals surface area (Å²) in [6.07, 6.45) is 4.53. The smallest absolute Gasteiger partial charge is 0.251 e. The van der Waals surface area contributed by atoms with Crippen molar-refractivity contribution in [1.29, 1.82) is 0 Å². The predicted octanol–water partition coefficient (Wildman–Crippen LogP) is 3.34. The van der Waals surface area contributed by atoms with E-state index in [4.69, 9.17) is 10.5 Å². The topological polar surface area (TPSA) is 70.1 Å². The Morgan fingerprint density at radius 3 is 2.71 bits per heavy atom. The molecule has 1 amide bonds. The van der Waals surface area contributed by atoms with Crippen LogP contribution in [0.1, 0.15) is 48.4 Å². The lowest BCUT2D eigenvalue weighted by atomic mass is 10.0. The quantitative estimate of drug-likeness (QED) is 0.717. The van der Waals surface area contributed by atoms with E-state index in [0.717, 1.165) is 55.1 Å². The molecule has 0 aliphatic heterocycles. The second-order valence-corrected chi connectivity index (χ2v) is 5.81. The number of nitrogens with zero attached hydrogens (tertiary/aromatic N) is 2. The predicted molar refractivity (Wildman–Crippen MR) is 96.0 cm³/mol. The molecule has 2 rings (SSSR count). The first-order valence-corrected chi connectivity index (χ1v) is 8.62. The Morgan fingerprint density at radius 1 is 1.33 bits per heavy atom. The van der Waals surface area contributed by atoms with E-state index in [1.54, 1.807) is 6.20 Å². The Morgan fingerprint density at radius 2 is 2.12 bits per heavy atom. The molecular formula is C19H27N3O2. The maximum Gasteiger partial charge on any atom is 0.251 e. The number of carbonyl (C=O) groups excluding carboxylic acids is 1. The minimum absolute atomic E-state index is 0.394. The summed E-state index contributed by atoms with van der Waals surface area (Å²) in [5.41, 5.74) is 10.0. The summed E-state index contributed by atoms with van der Waals surface area (Å²) in [4.78, 5) is 16.6. The van der Waals surface area contributed by atoms with E-state index in [9.17, 15) is 4.79 Å². The average Bonchev–Trinajstić information content (AvgIpc) is 2.85. The molecular weight excluding hydrogens is 302 g/mol. The van der Waals surface area contributed by atoms with Gasteiger partial charge in [0.25, 0.3) is 5.91 Å². The van der Waals surface area contributed by atoms with Gasteiger partial charge in [0.2, 0.25) is 0 Å². The number of rotatable bonds is 9. The molecule has 0 aromatic carbocycles. The van der Waals surface area contributed by atoms with Gasteiger partial charge < -0.3 is 15.0 Å². The Balaban J connectivity index is 2.52. The van der Waals surface area contributed by atoms with Crippen LogP contribution in [0, 0.1) is 6.92 Å². The van der Waals surface area contributed by atoms with Crippen molar-refractivity contribution in [2.45, 2.75) is 46.6 Å². The average molecular weight is 329 g/mol. The number of hydrogen-bond acceptors (Lipinski definition) is 3. The zero-order valence-corrected chi connectivity index (χ0v) is 14.8. The van der Waals surface area contributed by atoms with Crippen molar-refractivity contribution >= 4 is 5.91 Å². The summed E-state index contributed by atoms with van der Waals surface area (Å²) in [5, 5.41) is 0. The zero-order valence-electron chi connectivity index (χ0n) is 14.8. The molecule has 0 radical (unpaired) electrons. The third-order valence-corrected chi connectivity index (χ3v) is 4.16. The van der Waals surface area contributed by atoms with Gasteiger partial charge in [-0.25, -0.2) is 0 Å². The number of pyridine rings is 1. The Bertz CT molecular complexity index is 678. The summed E-state index contributed by atoms with van der Waals surface area (Å²) >= 11 is 0. The molecule has 5 nitrogen and oxygen atoms in total. The fraction of sp³-hybridized carbons (Fsp3) is 0.474. The molecule has 0 spiro atoms. The van der Waals surface area contributed by atoms with E-state index in [1.165, 1.54) is 0 Å². The van der Waals surface area contributed by atoms with Crippen LogP contribution in [0.25, 0.3) is 11.3 Å². The third-order valence-electron chi connectivity index (χ3n) is 4.16. The summed E-state index contributed by atoms with van der Waals surface area (Å²) < 4.78 is 7.66. The number of carbonyl (C=O) groups is 1. The molecule has 2 heterocycles. The molecule has 0 bridgehead atoms. The molecule has 0 aliphatic rings. The summed E-state index contributed by atoms with van der Waals surface area (Å²) in [6, 6.07) is 5.74. The first-order chi connectivity index (χ1) is 11.6. The van der Waals surface area contributed by atoms with E-state index in [0.29, 0.717) is 12.2 Å². The molecule has 0 unspecified atom stereocenters. The van der Waals surface area contributed by atoms with Crippen LogP contribution < -0.4 is 5.73 Å². The first kappa shape index (κ1) is 18.2. The monoisotopic (exact) mass is 329 g/mol. The van der Waals surface area contributed by atoms with Crippen LogP contribution in [0.3, 0.4) is 0 Å². The van der Waals surface area contributed by atoms with Crippen molar-refractivity contribution < 1.29 is 9.53 Å². The van der Waals surface area contributed by atoms with Crippen molar-refractivity contribution in [3.63, 3.8) is 0 Å². The highest BCUT2D eigenvalue weighted by Crippen LogP contribution is 2.32. The Kier molecular flexibility index (Phi) is 6.55. The van der Waals surface area contributed by atoms with E-state index < -0.39 is 5.91 Å². The number of nitrogens with two attached hydrogens (primary N) is 1. The SMILES string of the molecule is CCCc1c(-c2ccccn2)c(C(N)=O)c(C)n1CCCOCC. The highest BCUT2D eigenvalue weighted by atomic mass is 16.5. The lowest BCUT2D eigenvalue weighted by molar-refractivity contribution is 0.1000. The second-order valence-electron chi connectivity index (χ2n) is 5.81. The lowest BCUT2D eigenvalue weighted by Gasteiger charge is -2.12. The van der Waals surface area contributed by atoms with Gasteiger partial charge in [-0.2, -0.15) is 0 Å². The van der Waals surface area contributed by atoms with Crippen LogP contribution in [0.15, 0.2) is 24.4 Å². The van der Waals surface area contributed by atoms with Gasteiger partial charge in [0.05, 0.1) is 11.3 Å². The van der Waals surface area contributed by atoms with Gasteiger partial charge >= 0.3 is 0 Å². The molecule has 0 saturated carbocycles. The van der Waals surface area contributed by atoms with Gasteiger partial charge in [-0.3, -0.25) is 9.78 Å². The van der Waals surface area contributed by atoms with Crippen molar-refractivity contribution in [2.75, 3.05) is 13.2 Å². The number of primary amides is 1. The molecule has 2 N–H and O–H groups in total. The van der Waals surface area contributed by atoms with Crippen LogP contribution in [-0.4, -0.2) is 28.7 Å². The first-order valence-electron chi connectivity index (χ1n) is 8.62. The molecule has 5 heteroatoms. The number of amides is 1. The lowest BCUT2D eigenvalue weighted by Crippen LogP contribution is -2.14. The van der Waals surface area contributed by atoms with Gasteiger partial charge in [0, 0.05) is 42.9 Å². The number of aromatic nitrogens is 2. The highest BCUT2D eigenvalue weighted by molar-refractivity contribution is 6.01. The van der Waals surface area contributed by atoms with E-state index in [2.05, 4.69) is 16.5 Å². The highest BCUT2D eigenvalue weighted by Gasteiger charge is 2.24. The molecule has 2 aromatic heterocycles. The van der Waals surface area contributed by atoms with Crippen molar-refractivity contribution in [3.8, 4) is 11.3 Å². The van der Waals surface area contributed by atoms with Crippen molar-refractivity contribution in [1.82, 2.24) is 9.55 Å². The fourth-order valence-corrected chi connectivity index (χ4v) is 3.15. The number of hydrogen-bond donors (Lipinski definition) is 1. The molecule has 0 atom stereocenters. The van der Waals surface area contributed by atoms with E-state index in [1.807, 2.05) is 32.0 Å². The molecule has 0 saturated heterocycles. The largest absolute Gasteiger partial charge is 0.382 e. The molecule has 0 fully saturated rings. The molecule has 0 aliphatic carbocycles. The second kappa shape index (κ2) is 8.64. The van der Waals surface area contributed by atoms with Crippen LogP contribution in [0.5, 0.6) is 0 Å². The fourth-order valence-electron chi connectivity index (χ4n) is 3.15. The Labute approximate surface area is 143 Å². The molecule has 130 valence electrons. The van der Waals surface area contributed by atoms with E-state index in [-0.39, 0.29) is 0 Å². The van der Waals surface area contributed by atoms with Crippen LogP contribution in [0.2, 0.25) is 0 Å². The van der Waals surface area contributed by atoms with Gasteiger partial charge in [-0.05, 0) is 38.8 Å². The normalized spacial score (nSPS) is 11.0. The minimum atomic E-state index is -0.394. The third kappa shape index (κ3) is 3.85. The maximum absolute atomic E-state index is 12.1. The van der Waals surface area contributed by atoms with Gasteiger partial charge in [-0.15, -0.1) is 0 Å². The van der Waals surface area contributed by atoms with Gasteiger partial charge in [0.15, 0.2) is 0 Å². The van der Waals surface area contributed by atoms with Gasteiger partial charge in [0.1, 0.15) is 0 Å². The number of ether oxygens (including phenoxy) is 1. The summed E-state index contributed by atoms with van der Waals surface area (Å²) in [6.45, 7) is 8.34. The van der Waals surface area contributed by atoms with Crippen LogP contribution in [-0.2, 0) is 17.7 Å². The molecule has 2 aromatic rings. The standard InChI is InChI=1S/C19H27N3O2/c1-4-9-16-18(15-10-6-7-11-21-15)17(19(20)23)14(3)22(16)12-8-13-24-5-2/h6-7,10-11H,4-5,8-9,12-13H2,1-3H3,(H2,20,23).